The topological polar surface area (TPSA) is 126 Å². The van der Waals surface area contributed by atoms with Crippen LogP contribution in [0.4, 0.5) is 0 Å². The lowest BCUT2D eigenvalue weighted by Crippen LogP contribution is -2.69. The molecule has 12 heteroatoms. The fourth-order valence-corrected chi connectivity index (χ4v) is 13.1. The fraction of sp³-hybridized carbons (Fsp3) is 0.400. The highest BCUT2D eigenvalue weighted by Gasteiger charge is 2.57. The van der Waals surface area contributed by atoms with E-state index >= 15 is 9.59 Å². The summed E-state index contributed by atoms with van der Waals surface area (Å²) < 4.78 is 23.9. The molecule has 10 nitrogen and oxygen atoms in total. The molecule has 1 fully saturated rings. The molecule has 1 heterocycles. The maximum Gasteiger partial charge on any atom is 0.358 e. The second kappa shape index (κ2) is 18.7. The molecule has 0 saturated carbocycles. The molecule has 1 amide bonds. The Labute approximate surface area is 368 Å². The van der Waals surface area contributed by atoms with Crippen molar-refractivity contribution in [1.82, 2.24) is 4.90 Å². The van der Waals surface area contributed by atoms with Crippen LogP contribution < -0.4 is 15.9 Å². The molecule has 1 saturated heterocycles. The number of Topliss-reactive ketones (excluding diaryl/α,β-unsaturated/α-hetero) is 1. The quantitative estimate of drug-likeness (QED) is 0.0306. The van der Waals surface area contributed by atoms with E-state index in [1.807, 2.05) is 97.9 Å². The summed E-state index contributed by atoms with van der Waals surface area (Å²) >= 11 is 0. The van der Waals surface area contributed by atoms with Gasteiger partial charge in [0.2, 0.25) is 12.7 Å². The van der Waals surface area contributed by atoms with Gasteiger partial charge in [-0.05, 0) is 94.6 Å². The number of hydrogen-bond donors (Lipinski definition) is 0. The summed E-state index contributed by atoms with van der Waals surface area (Å²) in [5.74, 6) is -3.61. The molecule has 1 aliphatic rings. The van der Waals surface area contributed by atoms with Crippen molar-refractivity contribution in [3.8, 4) is 0 Å². The number of esters is 3. The molecule has 4 aromatic rings. The van der Waals surface area contributed by atoms with Crippen molar-refractivity contribution in [2.45, 2.75) is 112 Å². The Kier molecular flexibility index (Phi) is 14.5. The molecule has 0 unspecified atom stereocenters. The molecule has 0 N–H and O–H groups in total. The summed E-state index contributed by atoms with van der Waals surface area (Å²) in [6.07, 6.45) is -0.860. The van der Waals surface area contributed by atoms with Gasteiger partial charge >= 0.3 is 17.9 Å². The Hall–Kier alpha value is -5.09. The van der Waals surface area contributed by atoms with Crippen LogP contribution in [-0.4, -0.2) is 72.8 Å². The molecule has 3 atom stereocenters. The minimum absolute atomic E-state index is 0.0361. The highest BCUT2D eigenvalue weighted by molar-refractivity contribution is 7.96. The van der Waals surface area contributed by atoms with Crippen molar-refractivity contribution in [2.24, 2.45) is 11.3 Å². The van der Waals surface area contributed by atoms with Crippen molar-refractivity contribution in [3.05, 3.63) is 126 Å². The maximum atomic E-state index is 15.3. The first-order valence-electron chi connectivity index (χ1n) is 21.1. The lowest BCUT2D eigenvalue weighted by molar-refractivity contribution is -0.171. The number of ether oxygens (including phenoxy) is 3. The Morgan fingerprint density at radius 2 is 1.18 bits per heavy atom. The molecule has 62 heavy (non-hydrogen) atoms. The Bertz CT molecular complexity index is 2220. The first-order chi connectivity index (χ1) is 28.9. The fourth-order valence-electron chi connectivity index (χ4n) is 7.32. The van der Waals surface area contributed by atoms with Crippen LogP contribution in [0.1, 0.15) is 96.4 Å². The van der Waals surface area contributed by atoms with E-state index in [9.17, 15) is 14.4 Å². The van der Waals surface area contributed by atoms with E-state index in [4.69, 9.17) is 18.6 Å². The normalized spacial score (nSPS) is 16.5. The zero-order valence-electron chi connectivity index (χ0n) is 38.2. The lowest BCUT2D eigenvalue weighted by Gasteiger charge is -2.53. The van der Waals surface area contributed by atoms with Crippen LogP contribution in [0.3, 0.4) is 0 Å². The van der Waals surface area contributed by atoms with Gasteiger partial charge in [0.15, 0.2) is 14.1 Å². The highest BCUT2D eigenvalue weighted by atomic mass is 31.2. The minimum atomic E-state index is -3.39. The van der Waals surface area contributed by atoms with Gasteiger partial charge in [-0.15, -0.1) is 0 Å². The third-order valence-electron chi connectivity index (χ3n) is 11.4. The average molecular weight is 880 g/mol. The number of benzene rings is 4. The van der Waals surface area contributed by atoms with Gasteiger partial charge in [0.05, 0.1) is 29.0 Å². The third kappa shape index (κ3) is 10.4. The second-order valence-electron chi connectivity index (χ2n) is 19.3. The predicted octanol–water partition coefficient (Wildman–Crippen LogP) is 8.67. The molecular formula is C50H62NO9PSi. The zero-order chi connectivity index (χ0) is 45.8. The molecule has 0 bridgehead atoms. The number of hydrogen-bond acceptors (Lipinski definition) is 9. The molecule has 0 aromatic heterocycles. The van der Waals surface area contributed by atoms with Gasteiger partial charge < -0.3 is 23.5 Å². The lowest BCUT2D eigenvalue weighted by atomic mass is 9.79. The van der Waals surface area contributed by atoms with Gasteiger partial charge in [0.1, 0.15) is 11.0 Å². The van der Waals surface area contributed by atoms with Gasteiger partial charge in [0, 0.05) is 18.9 Å². The minimum Gasteiger partial charge on any atom is -0.456 e. The summed E-state index contributed by atoms with van der Waals surface area (Å²) in [4.78, 5) is 72.9. The Balaban J connectivity index is 1.80. The summed E-state index contributed by atoms with van der Waals surface area (Å²) in [5.41, 5.74) is -1.14. The van der Waals surface area contributed by atoms with E-state index in [0.717, 1.165) is 15.9 Å². The van der Waals surface area contributed by atoms with E-state index in [0.29, 0.717) is 0 Å². The number of rotatable bonds is 14. The number of amides is 1. The average Bonchev–Trinajstić information content (AvgIpc) is 3.20. The van der Waals surface area contributed by atoms with Crippen LogP contribution in [0.15, 0.2) is 115 Å². The largest absolute Gasteiger partial charge is 0.456 e. The van der Waals surface area contributed by atoms with Crippen LogP contribution in [0.5, 0.6) is 0 Å². The molecule has 4 aromatic carbocycles. The number of carbonyl (C=O) groups is 5. The van der Waals surface area contributed by atoms with Gasteiger partial charge in [-0.1, -0.05) is 124 Å². The van der Waals surface area contributed by atoms with Crippen molar-refractivity contribution in [2.75, 3.05) is 6.79 Å². The monoisotopic (exact) mass is 879 g/mol. The summed E-state index contributed by atoms with van der Waals surface area (Å²) in [7, 11) is -2.47. The molecule has 0 spiro atoms. The molecule has 5 rings (SSSR count). The first-order valence-corrected chi connectivity index (χ1v) is 25.7. The van der Waals surface area contributed by atoms with E-state index < -0.39 is 74.9 Å². The first kappa shape index (κ1) is 47.9. The molecule has 0 radical (unpaired) electrons. The molecular weight excluding hydrogens is 818 g/mol. The van der Waals surface area contributed by atoms with Crippen LogP contribution in [-0.2, 0) is 33.0 Å². The summed E-state index contributed by atoms with van der Waals surface area (Å²) in [6, 6.07) is 34.1. The third-order valence-corrected chi connectivity index (χ3v) is 20.3. The van der Waals surface area contributed by atoms with Crippen molar-refractivity contribution < 1.29 is 42.6 Å². The van der Waals surface area contributed by atoms with Crippen LogP contribution >= 0.6 is 6.89 Å². The van der Waals surface area contributed by atoms with Gasteiger partial charge in [-0.25, -0.2) is 9.59 Å². The summed E-state index contributed by atoms with van der Waals surface area (Å²) in [5, 5.41) is 2.08. The predicted molar refractivity (Wildman–Crippen MR) is 249 cm³/mol. The standard InChI is InChI=1S/C50H62NO9PSi/c1-34(60-62(11,12)50(8,9)10)42-40(32-41(52)35-23-22-24-36(31-35)45(54)59-49(5,6)7)51(43(42)53)44(46(55)57-33-58-47(56)48(2,3)4)61(37-25-16-13-17-26-37,38-27-18-14-19-28-38)39-29-20-15-21-30-39/h13-31,34,40,42H,32-33H2,1-12H3/t34-,40-,42-/m1/s1. The second-order valence-corrected chi connectivity index (χ2v) is 27.4. The molecule has 0 aliphatic carbocycles. The van der Waals surface area contributed by atoms with E-state index in [1.165, 1.54) is 11.0 Å². The van der Waals surface area contributed by atoms with Gasteiger partial charge in [0.25, 0.3) is 0 Å². The van der Waals surface area contributed by atoms with E-state index in [1.54, 1.807) is 59.7 Å². The summed E-state index contributed by atoms with van der Waals surface area (Å²) in [6.45, 7) is 18.7. The van der Waals surface area contributed by atoms with E-state index in [-0.39, 0.29) is 33.8 Å². The smallest absolute Gasteiger partial charge is 0.358 e. The van der Waals surface area contributed by atoms with Crippen molar-refractivity contribution >= 4 is 66.1 Å². The van der Waals surface area contributed by atoms with E-state index in [2.05, 4.69) is 33.9 Å². The Morgan fingerprint density at radius 3 is 1.63 bits per heavy atom. The molecule has 330 valence electrons. The Morgan fingerprint density at radius 1 is 0.694 bits per heavy atom. The van der Waals surface area contributed by atoms with Crippen LogP contribution in [0, 0.1) is 11.3 Å². The number of ketones is 1. The van der Waals surface area contributed by atoms with Crippen LogP contribution in [0.25, 0.3) is 0 Å². The van der Waals surface area contributed by atoms with Gasteiger partial charge in [-0.3, -0.25) is 14.4 Å². The molecule has 1 aliphatic heterocycles. The van der Waals surface area contributed by atoms with Crippen LogP contribution in [0.2, 0.25) is 18.1 Å². The van der Waals surface area contributed by atoms with Crippen molar-refractivity contribution in [3.63, 3.8) is 0 Å². The van der Waals surface area contributed by atoms with Gasteiger partial charge in [-0.2, -0.15) is 0 Å². The maximum absolute atomic E-state index is 15.3. The zero-order valence-corrected chi connectivity index (χ0v) is 40.1. The number of carbonyl (C=O) groups excluding carboxylic acids is 5. The highest BCUT2D eigenvalue weighted by Crippen LogP contribution is 2.51. The number of likely N-dealkylation sites (tertiary alicyclic amines) is 1. The number of β-lactam (4-membered cyclic amide) rings is 1. The number of nitrogens with zero attached hydrogens (tertiary/aromatic N) is 1. The van der Waals surface area contributed by atoms with Crippen molar-refractivity contribution in [1.29, 1.82) is 0 Å². The SMILES string of the molecule is C[C@@H](O[Si](C)(C)C(C)(C)C)[C@H]1C(=O)N(C(C(=O)OCOC(=O)C(C)(C)C)=P(c2ccccc2)(c2ccccc2)c2ccccc2)[C@@H]1CC(=O)c1cccc(C(=O)OC(C)(C)C)c1.